The summed E-state index contributed by atoms with van der Waals surface area (Å²) in [4.78, 5) is 30.9. The molecule has 0 aliphatic carbocycles. The molecule has 0 bridgehead atoms. The fourth-order valence-electron chi connectivity index (χ4n) is 7.78. The molecule has 2 aromatic carbocycles. The Kier molecular flexibility index (Phi) is 8.01. The monoisotopic (exact) mass is 619 g/mol. The summed E-state index contributed by atoms with van der Waals surface area (Å²) in [6.07, 6.45) is 11.5. The second-order valence-corrected chi connectivity index (χ2v) is 13.1. The number of piperidine rings is 4. The lowest BCUT2D eigenvalue weighted by molar-refractivity contribution is -0.153. The molecule has 4 aliphatic rings. The first-order chi connectivity index (χ1) is 20.9. The molecule has 5 atom stereocenters. The first kappa shape index (κ1) is 28.6. The number of carbonyl (C=O) groups excluding carboxylic acids is 2. The van der Waals surface area contributed by atoms with Crippen molar-refractivity contribution in [3.63, 3.8) is 0 Å². The second kappa shape index (κ2) is 12.1. The predicted molar refractivity (Wildman–Crippen MR) is 165 cm³/mol. The number of ketones is 1. The van der Waals surface area contributed by atoms with Gasteiger partial charge < -0.3 is 9.64 Å². The normalized spacial score (nSPS) is 27.2. The molecule has 10 heteroatoms. The summed E-state index contributed by atoms with van der Waals surface area (Å²) >= 11 is 12.0. The summed E-state index contributed by atoms with van der Waals surface area (Å²) in [5, 5.41) is 9.68. The number of ether oxygens (including phenoxy) is 1. The van der Waals surface area contributed by atoms with Gasteiger partial charge in [0.2, 0.25) is 5.91 Å². The molecule has 1 amide bonds. The SMILES string of the molecule is O=C(/C=C/c1ccc(Cl)c(Cl)c1)c1ccc(OCc2cn([C@H]3CC(=O)N4C[C@@H]5CCCN6CCC[C@@H]([C@H]56)[C@H]4C3)nn2)cc1. The molecule has 8 nitrogen and oxygen atoms in total. The third-order valence-corrected chi connectivity index (χ3v) is 10.5. The summed E-state index contributed by atoms with van der Waals surface area (Å²) in [7, 11) is 0. The van der Waals surface area contributed by atoms with Crippen LogP contribution < -0.4 is 4.74 Å². The number of carbonyl (C=O) groups is 2. The van der Waals surface area contributed by atoms with Crippen LogP contribution in [0.1, 0.15) is 66.2 Å². The molecule has 4 fully saturated rings. The summed E-state index contributed by atoms with van der Waals surface area (Å²) in [6.45, 7) is 3.60. The van der Waals surface area contributed by atoms with Crippen molar-refractivity contribution < 1.29 is 14.3 Å². The van der Waals surface area contributed by atoms with Crippen molar-refractivity contribution in [3.05, 3.63) is 81.6 Å². The first-order valence-corrected chi connectivity index (χ1v) is 16.0. The molecular weight excluding hydrogens is 585 g/mol. The summed E-state index contributed by atoms with van der Waals surface area (Å²) in [6, 6.07) is 13.2. The quantitative estimate of drug-likeness (QED) is 0.235. The van der Waals surface area contributed by atoms with E-state index >= 15 is 0 Å². The fourth-order valence-corrected chi connectivity index (χ4v) is 8.09. The Morgan fingerprint density at radius 3 is 2.67 bits per heavy atom. The lowest BCUT2D eigenvalue weighted by Gasteiger charge is -2.59. The summed E-state index contributed by atoms with van der Waals surface area (Å²) < 4.78 is 7.83. The predicted octanol–water partition coefficient (Wildman–Crippen LogP) is 6.10. The molecule has 3 aromatic rings. The largest absolute Gasteiger partial charge is 0.487 e. The maximum absolute atomic E-state index is 13.4. The number of allylic oxidation sites excluding steroid dienone is 1. The maximum Gasteiger partial charge on any atom is 0.224 e. The third kappa shape index (κ3) is 5.85. The number of benzene rings is 2. The zero-order chi connectivity index (χ0) is 29.5. The van der Waals surface area contributed by atoms with Gasteiger partial charge in [-0.05, 0) is 105 Å². The van der Waals surface area contributed by atoms with E-state index in [1.54, 1.807) is 48.5 Å². The Morgan fingerprint density at radius 1 is 1.05 bits per heavy atom. The van der Waals surface area contributed by atoms with Gasteiger partial charge in [-0.25, -0.2) is 4.68 Å². The molecule has 5 heterocycles. The highest BCUT2D eigenvalue weighted by atomic mass is 35.5. The van der Waals surface area contributed by atoms with Gasteiger partial charge in [-0.1, -0.05) is 40.6 Å². The van der Waals surface area contributed by atoms with Gasteiger partial charge in [-0.2, -0.15) is 0 Å². The average Bonchev–Trinajstić information content (AvgIpc) is 3.51. The minimum absolute atomic E-state index is 0.0211. The number of nitrogens with zero attached hydrogens (tertiary/aromatic N) is 5. The van der Waals surface area contributed by atoms with Crippen LogP contribution in [0.4, 0.5) is 0 Å². The number of hydrogen-bond acceptors (Lipinski definition) is 6. The van der Waals surface area contributed by atoms with Crippen LogP contribution in [0.3, 0.4) is 0 Å². The highest BCUT2D eigenvalue weighted by molar-refractivity contribution is 6.42. The second-order valence-electron chi connectivity index (χ2n) is 12.3. The van der Waals surface area contributed by atoms with Crippen molar-refractivity contribution in [1.82, 2.24) is 24.8 Å². The Morgan fingerprint density at radius 2 is 1.86 bits per heavy atom. The molecule has 0 spiro atoms. The first-order valence-electron chi connectivity index (χ1n) is 15.3. The lowest BCUT2D eigenvalue weighted by Crippen LogP contribution is -2.67. The molecule has 0 saturated carbocycles. The van der Waals surface area contributed by atoms with Crippen molar-refractivity contribution in [1.29, 1.82) is 0 Å². The van der Waals surface area contributed by atoms with E-state index in [2.05, 4.69) is 20.1 Å². The number of rotatable bonds is 7. The minimum atomic E-state index is -0.126. The standard InChI is InChI=1S/C33H35Cl2N5O3/c34-28-11-5-21(15-29(28)35)6-12-31(41)22-7-9-26(10-8-22)43-20-24-19-40(37-36-24)25-16-30-27-4-2-14-38-13-1-3-23(33(27)38)18-39(30)32(42)17-25/h5-12,15,19,23,25,27,30,33H,1-4,13-14,16-18,20H2/b12-6+/t23-,25+,27+,30+,33-/m0/s1. The van der Waals surface area contributed by atoms with Gasteiger partial charge in [0, 0.05) is 30.6 Å². The van der Waals surface area contributed by atoms with Crippen LogP contribution in [0.25, 0.3) is 6.08 Å². The van der Waals surface area contributed by atoms with E-state index in [-0.39, 0.29) is 30.4 Å². The Labute approximate surface area is 261 Å². The molecule has 0 radical (unpaired) electrons. The molecule has 4 saturated heterocycles. The van der Waals surface area contributed by atoms with E-state index in [1.807, 2.05) is 10.9 Å². The van der Waals surface area contributed by atoms with Crippen LogP contribution in [-0.2, 0) is 11.4 Å². The highest BCUT2D eigenvalue weighted by Crippen LogP contribution is 2.46. The van der Waals surface area contributed by atoms with E-state index in [1.165, 1.54) is 44.8 Å². The molecule has 7 rings (SSSR count). The van der Waals surface area contributed by atoms with Gasteiger partial charge in [0.25, 0.3) is 0 Å². The van der Waals surface area contributed by atoms with Crippen molar-refractivity contribution in [2.75, 3.05) is 19.6 Å². The Balaban J connectivity index is 0.958. The molecule has 43 heavy (non-hydrogen) atoms. The number of fused-ring (bicyclic) bond motifs is 2. The highest BCUT2D eigenvalue weighted by Gasteiger charge is 2.52. The smallest absolute Gasteiger partial charge is 0.224 e. The zero-order valence-corrected chi connectivity index (χ0v) is 25.5. The van der Waals surface area contributed by atoms with Crippen LogP contribution in [0.5, 0.6) is 5.75 Å². The van der Waals surface area contributed by atoms with Gasteiger partial charge in [-0.3, -0.25) is 14.5 Å². The van der Waals surface area contributed by atoms with Crippen LogP contribution >= 0.6 is 23.2 Å². The van der Waals surface area contributed by atoms with Gasteiger partial charge in [0.15, 0.2) is 5.78 Å². The van der Waals surface area contributed by atoms with Gasteiger partial charge in [-0.15, -0.1) is 5.10 Å². The number of amides is 1. The van der Waals surface area contributed by atoms with Crippen LogP contribution in [0.15, 0.2) is 54.7 Å². The van der Waals surface area contributed by atoms with Crippen LogP contribution in [0, 0.1) is 11.8 Å². The number of hydrogen-bond donors (Lipinski definition) is 0. The lowest BCUT2D eigenvalue weighted by atomic mass is 9.67. The number of halogens is 2. The number of aromatic nitrogens is 3. The average molecular weight is 621 g/mol. The van der Waals surface area contributed by atoms with E-state index in [0.717, 1.165) is 18.5 Å². The molecule has 4 aliphatic heterocycles. The third-order valence-electron chi connectivity index (χ3n) is 9.74. The van der Waals surface area contributed by atoms with Crippen LogP contribution in [-0.4, -0.2) is 68.2 Å². The van der Waals surface area contributed by atoms with Crippen LogP contribution in [0.2, 0.25) is 10.0 Å². The summed E-state index contributed by atoms with van der Waals surface area (Å²) in [5.74, 6) is 1.96. The minimum Gasteiger partial charge on any atom is -0.487 e. The molecule has 1 aromatic heterocycles. The molecular formula is C33H35Cl2N5O3. The van der Waals surface area contributed by atoms with Crippen molar-refractivity contribution in [2.45, 2.75) is 63.3 Å². The van der Waals surface area contributed by atoms with E-state index in [9.17, 15) is 9.59 Å². The van der Waals surface area contributed by atoms with Crippen molar-refractivity contribution >= 4 is 41.0 Å². The van der Waals surface area contributed by atoms with Crippen molar-refractivity contribution in [2.24, 2.45) is 11.8 Å². The summed E-state index contributed by atoms with van der Waals surface area (Å²) in [5.41, 5.74) is 2.05. The maximum atomic E-state index is 13.4. The molecule has 224 valence electrons. The zero-order valence-electron chi connectivity index (χ0n) is 23.9. The van der Waals surface area contributed by atoms with E-state index in [0.29, 0.717) is 51.4 Å². The van der Waals surface area contributed by atoms with E-state index < -0.39 is 0 Å². The van der Waals surface area contributed by atoms with Gasteiger partial charge in [0.05, 0.1) is 22.3 Å². The topological polar surface area (TPSA) is 80.6 Å². The Hall–Kier alpha value is -3.20. The van der Waals surface area contributed by atoms with Crippen molar-refractivity contribution in [3.8, 4) is 5.75 Å². The van der Waals surface area contributed by atoms with Gasteiger partial charge in [0.1, 0.15) is 18.1 Å². The van der Waals surface area contributed by atoms with E-state index in [4.69, 9.17) is 27.9 Å². The Bertz CT molecular complexity index is 1540. The molecule has 0 N–H and O–H groups in total. The van der Waals surface area contributed by atoms with Gasteiger partial charge >= 0.3 is 0 Å². The fraction of sp³-hybridized carbons (Fsp3) is 0.455. The molecule has 0 unspecified atom stereocenters.